The maximum absolute atomic E-state index is 12.3. The summed E-state index contributed by atoms with van der Waals surface area (Å²) < 4.78 is 0.812. The third-order valence-electron chi connectivity index (χ3n) is 2.54. The quantitative estimate of drug-likeness (QED) is 0.674. The first-order valence-electron chi connectivity index (χ1n) is 5.16. The highest BCUT2D eigenvalue weighted by atomic mass is 79.9. The van der Waals surface area contributed by atoms with Crippen LogP contribution in [0.5, 0.6) is 0 Å². The van der Waals surface area contributed by atoms with Gasteiger partial charge in [0, 0.05) is 31.0 Å². The molecule has 1 heterocycles. The van der Waals surface area contributed by atoms with Gasteiger partial charge in [0.25, 0.3) is 0 Å². The number of halogens is 1. The van der Waals surface area contributed by atoms with Gasteiger partial charge in [0.05, 0.1) is 0 Å². The van der Waals surface area contributed by atoms with Gasteiger partial charge in [-0.2, -0.15) is 0 Å². The molecule has 0 aliphatic rings. The van der Waals surface area contributed by atoms with Gasteiger partial charge < -0.3 is 5.73 Å². The van der Waals surface area contributed by atoms with E-state index in [4.69, 9.17) is 5.73 Å². The van der Waals surface area contributed by atoms with Crippen LogP contribution in [0.3, 0.4) is 0 Å². The van der Waals surface area contributed by atoms with Crippen molar-refractivity contribution in [1.29, 1.82) is 0 Å². The van der Waals surface area contributed by atoms with E-state index in [0.717, 1.165) is 19.8 Å². The summed E-state index contributed by atoms with van der Waals surface area (Å²) in [5, 5.41) is 0. The third kappa shape index (κ3) is 2.42. The van der Waals surface area contributed by atoms with Gasteiger partial charge in [0.2, 0.25) is 0 Å². The van der Waals surface area contributed by atoms with Gasteiger partial charge in [-0.3, -0.25) is 4.79 Å². The van der Waals surface area contributed by atoms with Gasteiger partial charge in [0.15, 0.2) is 5.78 Å². The Morgan fingerprint density at radius 1 is 1.29 bits per heavy atom. The predicted molar refractivity (Wildman–Crippen MR) is 75.8 cm³/mol. The highest BCUT2D eigenvalue weighted by molar-refractivity contribution is 9.10. The largest absolute Gasteiger partial charge is 0.398 e. The van der Waals surface area contributed by atoms with E-state index in [9.17, 15) is 4.79 Å². The molecule has 2 nitrogen and oxygen atoms in total. The lowest BCUT2D eigenvalue weighted by atomic mass is 10.0. The first kappa shape index (κ1) is 12.3. The van der Waals surface area contributed by atoms with Crippen molar-refractivity contribution in [2.45, 2.75) is 13.8 Å². The van der Waals surface area contributed by atoms with Crippen LogP contribution in [-0.2, 0) is 0 Å². The van der Waals surface area contributed by atoms with Crippen LogP contribution in [0.4, 0.5) is 5.69 Å². The first-order chi connectivity index (χ1) is 7.99. The van der Waals surface area contributed by atoms with Crippen molar-refractivity contribution in [2.24, 2.45) is 0 Å². The Morgan fingerprint density at radius 2 is 2.00 bits per heavy atom. The van der Waals surface area contributed by atoms with Crippen LogP contribution >= 0.6 is 27.3 Å². The van der Waals surface area contributed by atoms with Crippen LogP contribution in [0.2, 0.25) is 0 Å². The van der Waals surface area contributed by atoms with Crippen molar-refractivity contribution in [2.75, 3.05) is 5.73 Å². The van der Waals surface area contributed by atoms with Gasteiger partial charge in [-0.15, -0.1) is 11.3 Å². The summed E-state index contributed by atoms with van der Waals surface area (Å²) in [5.41, 5.74) is 7.77. The summed E-state index contributed by atoms with van der Waals surface area (Å²) in [6, 6.07) is 7.23. The van der Waals surface area contributed by atoms with Gasteiger partial charge in [-0.25, -0.2) is 0 Å². The number of nitrogens with two attached hydrogens (primary N) is 1. The van der Waals surface area contributed by atoms with E-state index in [1.807, 2.05) is 19.9 Å². The number of carbonyl (C=O) groups excluding carboxylic acids is 1. The number of rotatable bonds is 2. The molecule has 0 unspecified atom stereocenters. The Kier molecular flexibility index (Phi) is 3.35. The second-order valence-electron chi connectivity index (χ2n) is 3.89. The molecule has 1 aromatic carbocycles. The van der Waals surface area contributed by atoms with Crippen LogP contribution in [-0.4, -0.2) is 5.78 Å². The second kappa shape index (κ2) is 4.63. The highest BCUT2D eigenvalue weighted by Crippen LogP contribution is 2.26. The summed E-state index contributed by atoms with van der Waals surface area (Å²) >= 11 is 4.96. The molecule has 0 bridgehead atoms. The zero-order valence-corrected chi connectivity index (χ0v) is 12.0. The molecule has 1 aromatic heterocycles. The SMILES string of the molecule is Cc1cc(C(=O)c2ccc(Br)c(N)c2)c(C)s1. The molecule has 88 valence electrons. The monoisotopic (exact) mass is 309 g/mol. The Bertz CT molecular complexity index is 589. The fourth-order valence-electron chi connectivity index (χ4n) is 1.70. The normalized spacial score (nSPS) is 10.5. The molecule has 0 saturated heterocycles. The number of ketones is 1. The van der Waals surface area contributed by atoms with E-state index in [0.29, 0.717) is 11.3 Å². The predicted octanol–water partition coefficient (Wildman–Crippen LogP) is 3.94. The van der Waals surface area contributed by atoms with E-state index in [1.54, 1.807) is 29.5 Å². The Morgan fingerprint density at radius 3 is 2.53 bits per heavy atom. The maximum Gasteiger partial charge on any atom is 0.194 e. The summed E-state index contributed by atoms with van der Waals surface area (Å²) in [4.78, 5) is 14.5. The minimum Gasteiger partial charge on any atom is -0.398 e. The number of thiophene rings is 1. The highest BCUT2D eigenvalue weighted by Gasteiger charge is 2.14. The smallest absolute Gasteiger partial charge is 0.194 e. The molecular formula is C13H12BrNOS. The van der Waals surface area contributed by atoms with Crippen molar-refractivity contribution in [3.8, 4) is 0 Å². The fraction of sp³-hybridized carbons (Fsp3) is 0.154. The Labute approximate surface area is 113 Å². The number of benzene rings is 1. The summed E-state index contributed by atoms with van der Waals surface area (Å²) in [7, 11) is 0. The Hall–Kier alpha value is -1.13. The third-order valence-corrected chi connectivity index (χ3v) is 4.23. The number of aryl methyl sites for hydroxylation is 2. The lowest BCUT2D eigenvalue weighted by Gasteiger charge is -2.03. The van der Waals surface area contributed by atoms with Gasteiger partial charge in [-0.05, 0) is 54.0 Å². The number of carbonyl (C=O) groups is 1. The molecule has 0 radical (unpaired) electrons. The van der Waals surface area contributed by atoms with E-state index in [-0.39, 0.29) is 5.78 Å². The summed E-state index contributed by atoms with van der Waals surface area (Å²) in [6.07, 6.45) is 0. The number of hydrogen-bond donors (Lipinski definition) is 1. The molecule has 4 heteroatoms. The second-order valence-corrected chi connectivity index (χ2v) is 6.21. The molecule has 2 N–H and O–H groups in total. The number of hydrogen-bond acceptors (Lipinski definition) is 3. The summed E-state index contributed by atoms with van der Waals surface area (Å²) in [5.74, 6) is 0.0334. The molecule has 2 aromatic rings. The van der Waals surface area contributed by atoms with Crippen molar-refractivity contribution >= 4 is 38.7 Å². The maximum atomic E-state index is 12.3. The number of nitrogen functional groups attached to an aromatic ring is 1. The molecule has 0 spiro atoms. The first-order valence-corrected chi connectivity index (χ1v) is 6.76. The fourth-order valence-corrected chi connectivity index (χ4v) is 2.86. The molecule has 0 saturated carbocycles. The lowest BCUT2D eigenvalue weighted by Crippen LogP contribution is -2.02. The standard InChI is InChI=1S/C13H12BrNOS/c1-7-5-10(8(2)17-7)13(16)9-3-4-11(14)12(15)6-9/h3-6H,15H2,1-2H3. The molecule has 0 amide bonds. The van der Waals surface area contributed by atoms with Crippen LogP contribution in [0, 0.1) is 13.8 Å². The zero-order chi connectivity index (χ0) is 12.6. The molecule has 0 aliphatic heterocycles. The average Bonchev–Trinajstić information content (AvgIpc) is 2.61. The molecule has 0 aliphatic carbocycles. The van der Waals surface area contributed by atoms with Crippen LogP contribution in [0.1, 0.15) is 25.7 Å². The van der Waals surface area contributed by atoms with Crippen molar-refractivity contribution < 1.29 is 4.79 Å². The molecule has 0 fully saturated rings. The van der Waals surface area contributed by atoms with Crippen LogP contribution in [0.25, 0.3) is 0 Å². The van der Waals surface area contributed by atoms with Gasteiger partial charge in [0.1, 0.15) is 0 Å². The minimum atomic E-state index is 0.0334. The zero-order valence-electron chi connectivity index (χ0n) is 9.58. The van der Waals surface area contributed by atoms with E-state index in [2.05, 4.69) is 15.9 Å². The number of anilines is 1. The summed E-state index contributed by atoms with van der Waals surface area (Å²) in [6.45, 7) is 3.97. The molecule has 0 atom stereocenters. The van der Waals surface area contributed by atoms with Gasteiger partial charge >= 0.3 is 0 Å². The molecule has 2 rings (SSSR count). The van der Waals surface area contributed by atoms with Crippen molar-refractivity contribution in [1.82, 2.24) is 0 Å². The van der Waals surface area contributed by atoms with Crippen LogP contribution in [0.15, 0.2) is 28.7 Å². The topological polar surface area (TPSA) is 43.1 Å². The van der Waals surface area contributed by atoms with E-state index >= 15 is 0 Å². The average molecular weight is 310 g/mol. The molecular weight excluding hydrogens is 298 g/mol. The van der Waals surface area contributed by atoms with E-state index < -0.39 is 0 Å². The van der Waals surface area contributed by atoms with Gasteiger partial charge in [-0.1, -0.05) is 0 Å². The lowest BCUT2D eigenvalue weighted by molar-refractivity contribution is 0.103. The van der Waals surface area contributed by atoms with Crippen molar-refractivity contribution in [3.05, 3.63) is 49.6 Å². The van der Waals surface area contributed by atoms with Crippen LogP contribution < -0.4 is 5.73 Å². The molecule has 17 heavy (non-hydrogen) atoms. The Balaban J connectivity index is 2.44. The van der Waals surface area contributed by atoms with E-state index in [1.165, 1.54) is 0 Å². The minimum absolute atomic E-state index is 0.0334. The van der Waals surface area contributed by atoms with Crippen molar-refractivity contribution in [3.63, 3.8) is 0 Å².